The minimum atomic E-state index is 0.704. The Labute approximate surface area is 100.0 Å². The quantitative estimate of drug-likeness (QED) is 0.779. The van der Waals surface area contributed by atoms with Crippen molar-refractivity contribution >= 4 is 0 Å². The summed E-state index contributed by atoms with van der Waals surface area (Å²) < 4.78 is 0. The monoisotopic (exact) mass is 225 g/mol. The van der Waals surface area contributed by atoms with Gasteiger partial charge in [0, 0.05) is 32.2 Å². The van der Waals surface area contributed by atoms with E-state index in [0.717, 1.165) is 12.6 Å². The van der Waals surface area contributed by atoms with Crippen LogP contribution < -0.4 is 5.73 Å². The second kappa shape index (κ2) is 5.99. The summed E-state index contributed by atoms with van der Waals surface area (Å²) in [4.78, 5) is 5.34. The van der Waals surface area contributed by atoms with Crippen molar-refractivity contribution in [3.8, 4) is 0 Å². The summed E-state index contributed by atoms with van der Waals surface area (Å²) in [5, 5.41) is 0. The van der Waals surface area contributed by atoms with E-state index in [9.17, 15) is 0 Å². The molecule has 2 rings (SSSR count). The minimum absolute atomic E-state index is 0.704. The molecule has 0 bridgehead atoms. The molecule has 0 aromatic carbocycles. The largest absolute Gasteiger partial charge is 0.330 e. The van der Waals surface area contributed by atoms with E-state index < -0.39 is 0 Å². The first-order valence-corrected chi connectivity index (χ1v) is 7.00. The van der Waals surface area contributed by atoms with Crippen LogP contribution in [0, 0.1) is 5.92 Å². The van der Waals surface area contributed by atoms with Crippen LogP contribution in [-0.2, 0) is 0 Å². The van der Waals surface area contributed by atoms with E-state index in [0.29, 0.717) is 5.92 Å². The van der Waals surface area contributed by atoms with E-state index in [1.54, 1.807) is 0 Å². The summed E-state index contributed by atoms with van der Waals surface area (Å²) in [5.41, 5.74) is 5.80. The molecule has 2 fully saturated rings. The molecule has 2 atom stereocenters. The fourth-order valence-corrected chi connectivity index (χ4v) is 3.12. The Kier molecular flexibility index (Phi) is 4.62. The van der Waals surface area contributed by atoms with Gasteiger partial charge >= 0.3 is 0 Å². The molecule has 94 valence electrons. The molecule has 2 heterocycles. The number of hydrogen-bond acceptors (Lipinski definition) is 3. The predicted octanol–water partition coefficient (Wildman–Crippen LogP) is 1.14. The SMILES string of the molecule is CCC(CN)CN1CCN2CCCCC2C1. The fourth-order valence-electron chi connectivity index (χ4n) is 3.12. The molecule has 0 radical (unpaired) electrons. The Balaban J connectivity index is 1.80. The van der Waals surface area contributed by atoms with E-state index >= 15 is 0 Å². The standard InChI is InChI=1S/C13H27N3/c1-2-12(9-14)10-15-7-8-16-6-4-3-5-13(16)11-15/h12-13H,2-11,14H2,1H3. The first-order valence-electron chi connectivity index (χ1n) is 7.00. The predicted molar refractivity (Wildman–Crippen MR) is 68.5 cm³/mol. The van der Waals surface area contributed by atoms with Crippen molar-refractivity contribution in [3.63, 3.8) is 0 Å². The molecular weight excluding hydrogens is 198 g/mol. The molecule has 16 heavy (non-hydrogen) atoms. The summed E-state index contributed by atoms with van der Waals surface area (Å²) in [7, 11) is 0. The van der Waals surface area contributed by atoms with E-state index in [1.807, 2.05) is 0 Å². The lowest BCUT2D eigenvalue weighted by Gasteiger charge is -2.44. The summed E-state index contributed by atoms with van der Waals surface area (Å²) in [6, 6.07) is 0.845. The van der Waals surface area contributed by atoms with Crippen LogP contribution >= 0.6 is 0 Å². The molecule has 2 saturated heterocycles. The summed E-state index contributed by atoms with van der Waals surface area (Å²) in [5.74, 6) is 0.704. The molecule has 2 N–H and O–H groups in total. The van der Waals surface area contributed by atoms with Gasteiger partial charge < -0.3 is 10.6 Å². The van der Waals surface area contributed by atoms with Crippen LogP contribution in [0.4, 0.5) is 0 Å². The number of hydrogen-bond donors (Lipinski definition) is 1. The van der Waals surface area contributed by atoms with Gasteiger partial charge in [-0.15, -0.1) is 0 Å². The Hall–Kier alpha value is -0.120. The maximum atomic E-state index is 5.80. The Morgan fingerprint density at radius 3 is 2.88 bits per heavy atom. The molecule has 0 aromatic heterocycles. The lowest BCUT2D eigenvalue weighted by atomic mass is 9.98. The van der Waals surface area contributed by atoms with Gasteiger partial charge in [-0.05, 0) is 31.8 Å². The minimum Gasteiger partial charge on any atom is -0.330 e. The van der Waals surface area contributed by atoms with Gasteiger partial charge in [-0.25, -0.2) is 0 Å². The number of rotatable bonds is 4. The van der Waals surface area contributed by atoms with Crippen molar-refractivity contribution in [1.82, 2.24) is 9.80 Å². The van der Waals surface area contributed by atoms with Crippen molar-refractivity contribution in [2.45, 2.75) is 38.6 Å². The van der Waals surface area contributed by atoms with Crippen LogP contribution in [0.25, 0.3) is 0 Å². The summed E-state index contributed by atoms with van der Waals surface area (Å²) in [6.07, 6.45) is 5.48. The van der Waals surface area contributed by atoms with Crippen LogP contribution in [0.1, 0.15) is 32.6 Å². The molecule has 0 saturated carbocycles. The number of nitrogens with two attached hydrogens (primary N) is 1. The van der Waals surface area contributed by atoms with Gasteiger partial charge in [0.2, 0.25) is 0 Å². The average Bonchev–Trinajstić information content (AvgIpc) is 2.35. The molecule has 2 aliphatic heterocycles. The van der Waals surface area contributed by atoms with Crippen LogP contribution in [0.5, 0.6) is 0 Å². The number of piperidine rings is 1. The molecule has 2 aliphatic rings. The van der Waals surface area contributed by atoms with Crippen molar-refractivity contribution in [3.05, 3.63) is 0 Å². The first-order chi connectivity index (χ1) is 7.83. The number of fused-ring (bicyclic) bond motifs is 1. The van der Waals surface area contributed by atoms with Crippen molar-refractivity contribution in [1.29, 1.82) is 0 Å². The average molecular weight is 225 g/mol. The number of piperazine rings is 1. The molecule has 3 heteroatoms. The maximum Gasteiger partial charge on any atom is 0.0223 e. The lowest BCUT2D eigenvalue weighted by molar-refractivity contribution is 0.0420. The summed E-state index contributed by atoms with van der Waals surface area (Å²) >= 11 is 0. The zero-order valence-corrected chi connectivity index (χ0v) is 10.7. The summed E-state index contributed by atoms with van der Waals surface area (Å²) in [6.45, 7) is 9.49. The zero-order chi connectivity index (χ0) is 11.4. The molecule has 0 aliphatic carbocycles. The smallest absolute Gasteiger partial charge is 0.0223 e. The van der Waals surface area contributed by atoms with E-state index in [1.165, 1.54) is 58.4 Å². The molecule has 2 unspecified atom stereocenters. The fraction of sp³-hybridized carbons (Fsp3) is 1.00. The van der Waals surface area contributed by atoms with Crippen LogP contribution in [0.3, 0.4) is 0 Å². The van der Waals surface area contributed by atoms with Gasteiger partial charge in [-0.2, -0.15) is 0 Å². The molecule has 0 amide bonds. The highest BCUT2D eigenvalue weighted by molar-refractivity contribution is 4.85. The lowest BCUT2D eigenvalue weighted by Crippen LogP contribution is -2.55. The molecule has 0 spiro atoms. The van der Waals surface area contributed by atoms with Crippen molar-refractivity contribution in [2.75, 3.05) is 39.3 Å². The molecule has 0 aromatic rings. The van der Waals surface area contributed by atoms with Gasteiger partial charge in [-0.1, -0.05) is 19.8 Å². The maximum absolute atomic E-state index is 5.80. The second-order valence-electron chi connectivity index (χ2n) is 5.46. The third kappa shape index (κ3) is 2.96. The van der Waals surface area contributed by atoms with Gasteiger partial charge in [0.15, 0.2) is 0 Å². The van der Waals surface area contributed by atoms with Crippen LogP contribution in [0.15, 0.2) is 0 Å². The van der Waals surface area contributed by atoms with Gasteiger partial charge in [0.05, 0.1) is 0 Å². The Morgan fingerprint density at radius 1 is 1.25 bits per heavy atom. The first kappa shape index (κ1) is 12.3. The third-order valence-corrected chi connectivity index (χ3v) is 4.35. The van der Waals surface area contributed by atoms with Gasteiger partial charge in [0.25, 0.3) is 0 Å². The van der Waals surface area contributed by atoms with Crippen molar-refractivity contribution < 1.29 is 0 Å². The Morgan fingerprint density at radius 2 is 2.12 bits per heavy atom. The van der Waals surface area contributed by atoms with Gasteiger partial charge in [-0.3, -0.25) is 4.90 Å². The second-order valence-corrected chi connectivity index (χ2v) is 5.46. The number of nitrogens with zero attached hydrogens (tertiary/aromatic N) is 2. The third-order valence-electron chi connectivity index (χ3n) is 4.35. The van der Waals surface area contributed by atoms with Gasteiger partial charge in [0.1, 0.15) is 0 Å². The Bertz CT molecular complexity index is 203. The van der Waals surface area contributed by atoms with Crippen molar-refractivity contribution in [2.24, 2.45) is 11.7 Å². The van der Waals surface area contributed by atoms with Crippen LogP contribution in [-0.4, -0.2) is 55.1 Å². The highest BCUT2D eigenvalue weighted by atomic mass is 15.3. The topological polar surface area (TPSA) is 32.5 Å². The molecule has 3 nitrogen and oxygen atoms in total. The highest BCUT2D eigenvalue weighted by Crippen LogP contribution is 2.21. The zero-order valence-electron chi connectivity index (χ0n) is 10.7. The van der Waals surface area contributed by atoms with E-state index in [4.69, 9.17) is 5.73 Å². The highest BCUT2D eigenvalue weighted by Gasteiger charge is 2.29. The van der Waals surface area contributed by atoms with E-state index in [-0.39, 0.29) is 0 Å². The van der Waals surface area contributed by atoms with E-state index in [2.05, 4.69) is 16.7 Å². The van der Waals surface area contributed by atoms with Crippen LogP contribution in [0.2, 0.25) is 0 Å². The normalized spacial score (nSPS) is 30.0. The molecular formula is C13H27N3.